The van der Waals surface area contributed by atoms with Crippen molar-refractivity contribution in [1.82, 2.24) is 10.2 Å². The molecule has 1 aromatic heterocycles. The van der Waals surface area contributed by atoms with Gasteiger partial charge in [-0.25, -0.2) is 4.39 Å². The fourth-order valence-electron chi connectivity index (χ4n) is 1.11. The molecule has 0 atom stereocenters. The molecule has 2 rings (SSSR count). The molecular weight excluding hydrogens is 181 g/mol. The zero-order valence-electron chi connectivity index (χ0n) is 5.94. The summed E-state index contributed by atoms with van der Waals surface area (Å²) in [5.74, 6) is -0.414. The standard InChI is InChI=1S/C7H5ClFN3/c8-7-6-4(10)1-3(9)2-5(6)11-12-7/h1-2H,10H2,(H,11,12). The molecule has 0 amide bonds. The normalized spacial score (nSPS) is 10.8. The molecule has 0 aliphatic heterocycles. The van der Waals surface area contributed by atoms with Crippen LogP contribution in [-0.2, 0) is 0 Å². The first-order valence-electron chi connectivity index (χ1n) is 3.27. The van der Waals surface area contributed by atoms with Crippen molar-refractivity contribution >= 4 is 28.2 Å². The van der Waals surface area contributed by atoms with Gasteiger partial charge in [0.2, 0.25) is 0 Å². The first kappa shape index (κ1) is 7.36. The summed E-state index contributed by atoms with van der Waals surface area (Å²) in [6.07, 6.45) is 0. The SMILES string of the molecule is Nc1cc(F)cc2n[nH]c(Cl)c12. The lowest BCUT2D eigenvalue weighted by molar-refractivity contribution is 0.630. The van der Waals surface area contributed by atoms with E-state index in [0.717, 1.165) is 0 Å². The molecule has 1 heterocycles. The summed E-state index contributed by atoms with van der Waals surface area (Å²) in [5.41, 5.74) is 6.26. The smallest absolute Gasteiger partial charge is 0.134 e. The van der Waals surface area contributed by atoms with E-state index < -0.39 is 5.82 Å². The van der Waals surface area contributed by atoms with Gasteiger partial charge in [0.05, 0.1) is 10.9 Å². The van der Waals surface area contributed by atoms with Gasteiger partial charge < -0.3 is 5.73 Å². The summed E-state index contributed by atoms with van der Waals surface area (Å²) in [6.45, 7) is 0. The molecule has 0 saturated carbocycles. The number of nitrogens with one attached hydrogen (secondary N) is 1. The summed E-state index contributed by atoms with van der Waals surface area (Å²) >= 11 is 5.71. The average Bonchev–Trinajstić information content (AvgIpc) is 2.31. The van der Waals surface area contributed by atoms with Crippen LogP contribution in [-0.4, -0.2) is 10.2 Å². The number of nitrogens with two attached hydrogens (primary N) is 1. The summed E-state index contributed by atoms with van der Waals surface area (Å²) in [6, 6.07) is 2.48. The van der Waals surface area contributed by atoms with Crippen molar-refractivity contribution in [2.45, 2.75) is 0 Å². The molecule has 62 valence electrons. The van der Waals surface area contributed by atoms with Crippen molar-refractivity contribution in [2.75, 3.05) is 5.73 Å². The Morgan fingerprint density at radius 2 is 2.25 bits per heavy atom. The number of benzene rings is 1. The van der Waals surface area contributed by atoms with Crippen LogP contribution < -0.4 is 5.73 Å². The van der Waals surface area contributed by atoms with Gasteiger partial charge in [-0.2, -0.15) is 5.10 Å². The maximum Gasteiger partial charge on any atom is 0.134 e. The summed E-state index contributed by atoms with van der Waals surface area (Å²) in [4.78, 5) is 0. The van der Waals surface area contributed by atoms with Gasteiger partial charge in [-0.1, -0.05) is 11.6 Å². The maximum absolute atomic E-state index is 12.7. The molecule has 0 fully saturated rings. The molecule has 5 heteroatoms. The van der Waals surface area contributed by atoms with Crippen LogP contribution in [0.3, 0.4) is 0 Å². The van der Waals surface area contributed by atoms with Crippen molar-refractivity contribution in [1.29, 1.82) is 0 Å². The monoisotopic (exact) mass is 185 g/mol. The second kappa shape index (κ2) is 2.35. The number of rotatable bonds is 0. The van der Waals surface area contributed by atoms with Crippen LogP contribution in [0.5, 0.6) is 0 Å². The minimum atomic E-state index is -0.414. The lowest BCUT2D eigenvalue weighted by atomic mass is 10.2. The van der Waals surface area contributed by atoms with Gasteiger partial charge in [-0.3, -0.25) is 5.10 Å². The first-order chi connectivity index (χ1) is 5.68. The molecule has 0 unspecified atom stereocenters. The van der Waals surface area contributed by atoms with Crippen LogP contribution in [0.2, 0.25) is 5.15 Å². The van der Waals surface area contributed by atoms with E-state index >= 15 is 0 Å². The highest BCUT2D eigenvalue weighted by Crippen LogP contribution is 2.26. The topological polar surface area (TPSA) is 54.7 Å². The summed E-state index contributed by atoms with van der Waals surface area (Å²) in [5, 5.41) is 7.18. The molecule has 3 N–H and O–H groups in total. The number of hydrogen-bond acceptors (Lipinski definition) is 2. The molecular formula is C7H5ClFN3. The second-order valence-electron chi connectivity index (χ2n) is 2.43. The third-order valence-corrected chi connectivity index (χ3v) is 1.88. The van der Waals surface area contributed by atoms with E-state index in [1.165, 1.54) is 12.1 Å². The molecule has 1 aromatic carbocycles. The second-order valence-corrected chi connectivity index (χ2v) is 2.80. The first-order valence-corrected chi connectivity index (χ1v) is 3.65. The maximum atomic E-state index is 12.7. The van der Waals surface area contributed by atoms with E-state index in [2.05, 4.69) is 10.2 Å². The summed E-state index contributed by atoms with van der Waals surface area (Å²) in [7, 11) is 0. The minimum Gasteiger partial charge on any atom is -0.398 e. The van der Waals surface area contributed by atoms with Crippen LogP contribution in [0.15, 0.2) is 12.1 Å². The molecule has 2 aromatic rings. The lowest BCUT2D eigenvalue weighted by Crippen LogP contribution is -1.87. The van der Waals surface area contributed by atoms with Crippen molar-refractivity contribution in [2.24, 2.45) is 0 Å². The van der Waals surface area contributed by atoms with E-state index in [0.29, 0.717) is 21.7 Å². The largest absolute Gasteiger partial charge is 0.398 e. The van der Waals surface area contributed by atoms with E-state index in [-0.39, 0.29) is 0 Å². The molecule has 0 bridgehead atoms. The zero-order chi connectivity index (χ0) is 8.72. The van der Waals surface area contributed by atoms with Crippen molar-refractivity contribution in [3.8, 4) is 0 Å². The van der Waals surface area contributed by atoms with Crippen LogP contribution in [0.25, 0.3) is 10.9 Å². The number of aromatic amines is 1. The van der Waals surface area contributed by atoms with Gasteiger partial charge in [0.15, 0.2) is 0 Å². The fraction of sp³-hybridized carbons (Fsp3) is 0. The number of halogens is 2. The average molecular weight is 186 g/mol. The van der Waals surface area contributed by atoms with Gasteiger partial charge in [-0.15, -0.1) is 0 Å². The molecule has 0 aliphatic rings. The van der Waals surface area contributed by atoms with Crippen molar-refractivity contribution in [3.05, 3.63) is 23.1 Å². The Morgan fingerprint density at radius 3 is 3.00 bits per heavy atom. The highest BCUT2D eigenvalue weighted by Gasteiger charge is 2.07. The lowest BCUT2D eigenvalue weighted by Gasteiger charge is -1.95. The number of fused-ring (bicyclic) bond motifs is 1. The van der Waals surface area contributed by atoms with Gasteiger partial charge in [0.1, 0.15) is 11.0 Å². The number of hydrogen-bond donors (Lipinski definition) is 2. The predicted octanol–water partition coefficient (Wildman–Crippen LogP) is 1.94. The Kier molecular flexibility index (Phi) is 1.44. The Morgan fingerprint density at radius 1 is 1.50 bits per heavy atom. The fourth-order valence-corrected chi connectivity index (χ4v) is 1.35. The van der Waals surface area contributed by atoms with E-state index in [9.17, 15) is 4.39 Å². The van der Waals surface area contributed by atoms with Gasteiger partial charge >= 0.3 is 0 Å². The molecule has 0 radical (unpaired) electrons. The number of anilines is 1. The van der Waals surface area contributed by atoms with Crippen LogP contribution >= 0.6 is 11.6 Å². The zero-order valence-corrected chi connectivity index (χ0v) is 6.69. The van der Waals surface area contributed by atoms with Crippen molar-refractivity contribution < 1.29 is 4.39 Å². The Balaban J connectivity index is 2.93. The van der Waals surface area contributed by atoms with Crippen molar-refractivity contribution in [3.63, 3.8) is 0 Å². The highest BCUT2D eigenvalue weighted by molar-refractivity contribution is 6.35. The highest BCUT2D eigenvalue weighted by atomic mass is 35.5. The van der Waals surface area contributed by atoms with Gasteiger partial charge in [0.25, 0.3) is 0 Å². The molecule has 0 spiro atoms. The number of nitrogens with zero attached hydrogens (tertiary/aromatic N) is 1. The Labute approximate surface area is 72.3 Å². The third-order valence-electron chi connectivity index (χ3n) is 1.61. The Hall–Kier alpha value is -1.29. The molecule has 3 nitrogen and oxygen atoms in total. The van der Waals surface area contributed by atoms with E-state index in [4.69, 9.17) is 17.3 Å². The molecule has 0 saturated heterocycles. The van der Waals surface area contributed by atoms with Crippen LogP contribution in [0, 0.1) is 5.82 Å². The van der Waals surface area contributed by atoms with Crippen LogP contribution in [0.1, 0.15) is 0 Å². The van der Waals surface area contributed by atoms with E-state index in [1.807, 2.05) is 0 Å². The molecule has 12 heavy (non-hydrogen) atoms. The quantitative estimate of drug-likeness (QED) is 0.617. The van der Waals surface area contributed by atoms with E-state index in [1.54, 1.807) is 0 Å². The predicted molar refractivity (Wildman–Crippen MR) is 45.5 cm³/mol. The number of H-pyrrole nitrogens is 1. The molecule has 0 aliphatic carbocycles. The number of aromatic nitrogens is 2. The number of nitrogen functional groups attached to an aromatic ring is 1. The third kappa shape index (κ3) is 0.921. The minimum absolute atomic E-state index is 0.295. The van der Waals surface area contributed by atoms with Gasteiger partial charge in [-0.05, 0) is 6.07 Å². The Bertz CT molecular complexity index is 437. The summed E-state index contributed by atoms with van der Waals surface area (Å²) < 4.78 is 12.7. The van der Waals surface area contributed by atoms with Gasteiger partial charge in [0, 0.05) is 11.8 Å². The van der Waals surface area contributed by atoms with Crippen LogP contribution in [0.4, 0.5) is 10.1 Å².